The molecule has 21 heavy (non-hydrogen) atoms. The van der Waals surface area contributed by atoms with Gasteiger partial charge in [-0.15, -0.1) is 0 Å². The van der Waals surface area contributed by atoms with Crippen molar-refractivity contribution in [1.29, 1.82) is 0 Å². The smallest absolute Gasteiger partial charge is 0.223 e. The molecule has 0 spiro atoms. The highest BCUT2D eigenvalue weighted by molar-refractivity contribution is 5.76. The van der Waals surface area contributed by atoms with Crippen LogP contribution in [0.1, 0.15) is 24.8 Å². The molecule has 1 N–H and O–H groups in total. The van der Waals surface area contributed by atoms with Crippen LogP contribution in [-0.4, -0.2) is 44.7 Å². The Morgan fingerprint density at radius 3 is 2.71 bits per heavy atom. The first-order chi connectivity index (χ1) is 10.2. The third kappa shape index (κ3) is 4.36. The van der Waals surface area contributed by atoms with E-state index in [2.05, 4.69) is 5.32 Å². The molecule has 0 bridgehead atoms. The van der Waals surface area contributed by atoms with Crippen LogP contribution in [0.25, 0.3) is 0 Å². The highest BCUT2D eigenvalue weighted by Gasteiger charge is 2.21. The molecule has 1 aromatic carbocycles. The number of carbonyl (C=O) groups is 1. The van der Waals surface area contributed by atoms with Crippen molar-refractivity contribution in [2.75, 3.05) is 27.8 Å². The lowest BCUT2D eigenvalue weighted by molar-refractivity contribution is -0.130. The minimum Gasteiger partial charge on any atom is -0.493 e. The number of amides is 1. The molecule has 0 aliphatic heterocycles. The molecule has 1 aliphatic rings. The Kier molecular flexibility index (Phi) is 5.44. The first-order valence-electron chi connectivity index (χ1n) is 7.33. The van der Waals surface area contributed by atoms with Crippen molar-refractivity contribution in [3.63, 3.8) is 0 Å². The van der Waals surface area contributed by atoms with Crippen molar-refractivity contribution in [2.24, 2.45) is 0 Å². The van der Waals surface area contributed by atoms with Crippen molar-refractivity contribution in [1.82, 2.24) is 10.2 Å². The number of methoxy groups -OCH3 is 2. The molecule has 0 saturated heterocycles. The number of para-hydroxylation sites is 1. The molecule has 5 nitrogen and oxygen atoms in total. The molecule has 5 heteroatoms. The summed E-state index contributed by atoms with van der Waals surface area (Å²) in [7, 11) is 5.04. The predicted molar refractivity (Wildman–Crippen MR) is 81.7 cm³/mol. The van der Waals surface area contributed by atoms with Gasteiger partial charge >= 0.3 is 0 Å². The minimum atomic E-state index is 0.132. The molecule has 0 unspecified atom stereocenters. The Morgan fingerprint density at radius 2 is 2.10 bits per heavy atom. The van der Waals surface area contributed by atoms with Crippen molar-refractivity contribution in [2.45, 2.75) is 31.8 Å². The SMILES string of the molecule is COc1cccc(CN(C)C(=O)CCNC2CC2)c1OC. The highest BCUT2D eigenvalue weighted by atomic mass is 16.5. The van der Waals surface area contributed by atoms with Gasteiger partial charge in [0.1, 0.15) is 0 Å². The number of nitrogens with one attached hydrogen (secondary N) is 1. The van der Waals surface area contributed by atoms with Crippen molar-refractivity contribution in [3.05, 3.63) is 23.8 Å². The molecular weight excluding hydrogens is 268 g/mol. The second-order valence-corrected chi connectivity index (χ2v) is 5.38. The van der Waals surface area contributed by atoms with E-state index < -0.39 is 0 Å². The van der Waals surface area contributed by atoms with Gasteiger partial charge in [-0.3, -0.25) is 4.79 Å². The van der Waals surface area contributed by atoms with Gasteiger partial charge in [-0.2, -0.15) is 0 Å². The number of benzene rings is 1. The minimum absolute atomic E-state index is 0.132. The number of ether oxygens (including phenoxy) is 2. The maximum Gasteiger partial charge on any atom is 0.223 e. The van der Waals surface area contributed by atoms with Crippen LogP contribution in [-0.2, 0) is 11.3 Å². The first-order valence-corrected chi connectivity index (χ1v) is 7.33. The van der Waals surface area contributed by atoms with Gasteiger partial charge in [0.2, 0.25) is 5.91 Å². The number of carbonyl (C=O) groups excluding carboxylic acids is 1. The summed E-state index contributed by atoms with van der Waals surface area (Å²) in [4.78, 5) is 13.8. The molecule has 116 valence electrons. The zero-order chi connectivity index (χ0) is 15.2. The summed E-state index contributed by atoms with van der Waals surface area (Å²) >= 11 is 0. The molecule has 1 aromatic rings. The van der Waals surface area contributed by atoms with E-state index in [1.54, 1.807) is 19.1 Å². The van der Waals surface area contributed by atoms with E-state index in [-0.39, 0.29) is 5.91 Å². The molecule has 1 amide bonds. The van der Waals surface area contributed by atoms with Gasteiger partial charge in [0.05, 0.1) is 14.2 Å². The largest absolute Gasteiger partial charge is 0.493 e. The number of nitrogens with zero attached hydrogens (tertiary/aromatic N) is 1. The van der Waals surface area contributed by atoms with Gasteiger partial charge in [-0.25, -0.2) is 0 Å². The van der Waals surface area contributed by atoms with Crippen molar-refractivity contribution in [3.8, 4) is 11.5 Å². The second-order valence-electron chi connectivity index (χ2n) is 5.38. The number of hydrogen-bond donors (Lipinski definition) is 1. The Morgan fingerprint density at radius 1 is 1.33 bits per heavy atom. The van der Waals surface area contributed by atoms with E-state index >= 15 is 0 Å². The third-order valence-corrected chi connectivity index (χ3v) is 3.67. The fraction of sp³-hybridized carbons (Fsp3) is 0.562. The molecule has 0 atom stereocenters. The zero-order valence-corrected chi connectivity index (χ0v) is 13.0. The van der Waals surface area contributed by atoms with E-state index in [1.807, 2.05) is 25.2 Å². The lowest BCUT2D eigenvalue weighted by atomic mass is 10.1. The summed E-state index contributed by atoms with van der Waals surface area (Å²) in [5, 5.41) is 3.35. The van der Waals surface area contributed by atoms with Crippen LogP contribution < -0.4 is 14.8 Å². The monoisotopic (exact) mass is 292 g/mol. The zero-order valence-electron chi connectivity index (χ0n) is 13.0. The maximum atomic E-state index is 12.1. The van der Waals surface area contributed by atoms with E-state index in [0.29, 0.717) is 30.5 Å². The van der Waals surface area contributed by atoms with Gasteiger partial charge in [-0.1, -0.05) is 12.1 Å². The average Bonchev–Trinajstić information content (AvgIpc) is 3.30. The third-order valence-electron chi connectivity index (χ3n) is 3.67. The number of hydrogen-bond acceptors (Lipinski definition) is 4. The molecule has 0 aromatic heterocycles. The fourth-order valence-electron chi connectivity index (χ4n) is 2.28. The molecule has 0 radical (unpaired) electrons. The van der Waals surface area contributed by atoms with Gasteiger partial charge in [-0.05, 0) is 18.9 Å². The van der Waals surface area contributed by atoms with Gasteiger partial charge in [0.15, 0.2) is 11.5 Å². The predicted octanol–water partition coefficient (Wildman–Crippen LogP) is 1.80. The summed E-state index contributed by atoms with van der Waals surface area (Å²) in [5.74, 6) is 1.51. The Bertz CT molecular complexity index is 486. The summed E-state index contributed by atoms with van der Waals surface area (Å²) in [6.45, 7) is 1.27. The molecule has 1 saturated carbocycles. The summed E-state index contributed by atoms with van der Waals surface area (Å²) in [6, 6.07) is 6.35. The van der Waals surface area contributed by atoms with Gasteiger partial charge in [0.25, 0.3) is 0 Å². The van der Waals surface area contributed by atoms with Crippen LogP contribution in [0.2, 0.25) is 0 Å². The van der Waals surface area contributed by atoms with E-state index in [0.717, 1.165) is 12.1 Å². The second kappa shape index (κ2) is 7.31. The van der Waals surface area contributed by atoms with Gasteiger partial charge in [0, 0.05) is 38.2 Å². The Labute approximate surface area is 126 Å². The first kappa shape index (κ1) is 15.6. The Hall–Kier alpha value is -1.75. The molecule has 1 fully saturated rings. The van der Waals surface area contributed by atoms with E-state index in [4.69, 9.17) is 9.47 Å². The van der Waals surface area contributed by atoms with Crippen LogP contribution in [0.4, 0.5) is 0 Å². The summed E-state index contributed by atoms with van der Waals surface area (Å²) < 4.78 is 10.7. The Balaban J connectivity index is 1.91. The lowest BCUT2D eigenvalue weighted by Crippen LogP contribution is -2.30. The molecule has 2 rings (SSSR count). The normalized spacial score (nSPS) is 13.9. The average molecular weight is 292 g/mol. The molecule has 1 aliphatic carbocycles. The van der Waals surface area contributed by atoms with Crippen molar-refractivity contribution < 1.29 is 14.3 Å². The molecule has 0 heterocycles. The van der Waals surface area contributed by atoms with E-state index in [9.17, 15) is 4.79 Å². The quantitative estimate of drug-likeness (QED) is 0.794. The summed E-state index contributed by atoms with van der Waals surface area (Å²) in [6.07, 6.45) is 3.01. The van der Waals surface area contributed by atoms with Crippen LogP contribution in [0.5, 0.6) is 11.5 Å². The topological polar surface area (TPSA) is 50.8 Å². The van der Waals surface area contributed by atoms with Crippen LogP contribution >= 0.6 is 0 Å². The highest BCUT2D eigenvalue weighted by Crippen LogP contribution is 2.31. The number of rotatable bonds is 8. The lowest BCUT2D eigenvalue weighted by Gasteiger charge is -2.20. The van der Waals surface area contributed by atoms with Crippen molar-refractivity contribution >= 4 is 5.91 Å². The maximum absolute atomic E-state index is 12.1. The fourth-order valence-corrected chi connectivity index (χ4v) is 2.28. The van der Waals surface area contributed by atoms with Crippen LogP contribution in [0.3, 0.4) is 0 Å². The van der Waals surface area contributed by atoms with Crippen LogP contribution in [0, 0.1) is 0 Å². The standard InChI is InChI=1S/C16H24N2O3/c1-18(15(19)9-10-17-13-7-8-13)11-12-5-4-6-14(20-2)16(12)21-3/h4-6,13,17H,7-11H2,1-3H3. The summed E-state index contributed by atoms with van der Waals surface area (Å²) in [5.41, 5.74) is 0.947. The van der Waals surface area contributed by atoms with Gasteiger partial charge < -0.3 is 19.7 Å². The van der Waals surface area contributed by atoms with E-state index in [1.165, 1.54) is 12.8 Å². The van der Waals surface area contributed by atoms with Crippen LogP contribution in [0.15, 0.2) is 18.2 Å². The molecular formula is C16H24N2O3.